The van der Waals surface area contributed by atoms with E-state index in [0.717, 1.165) is 6.42 Å². The number of hydrogen-bond acceptors (Lipinski definition) is 0. The molecule has 0 amide bonds. The molecule has 9 heavy (non-hydrogen) atoms. The maximum absolute atomic E-state index is 3.60. The fourth-order valence-corrected chi connectivity index (χ4v) is 0. The SMILES string of the molecule is C[C-](C)C.[CH2-]CCC.[Mg+2]. The van der Waals surface area contributed by atoms with Gasteiger partial charge in [-0.15, -0.1) is 0 Å². The predicted molar refractivity (Wildman–Crippen MR) is 46.3 cm³/mol. The molecule has 0 aromatic rings. The van der Waals surface area contributed by atoms with Crippen molar-refractivity contribution >= 4 is 23.1 Å². The molecule has 0 saturated carbocycles. The van der Waals surface area contributed by atoms with E-state index in [1.54, 1.807) is 0 Å². The minimum Gasteiger partial charge on any atom is -0.343 e. The molecular formula is C8H18Mg. The van der Waals surface area contributed by atoms with Crippen LogP contribution in [0.5, 0.6) is 0 Å². The summed E-state index contributed by atoms with van der Waals surface area (Å²) >= 11 is 0. The van der Waals surface area contributed by atoms with E-state index in [1.165, 1.54) is 12.3 Å². The van der Waals surface area contributed by atoms with Crippen molar-refractivity contribution in [1.29, 1.82) is 0 Å². The summed E-state index contributed by atoms with van der Waals surface area (Å²) in [6.07, 6.45) is 2.28. The van der Waals surface area contributed by atoms with Crippen LogP contribution in [0, 0.1) is 12.8 Å². The standard InChI is InChI=1S/2C4H9.Mg/c1-4(2)3;1-3-4-2;/h1-3H3;1,3-4H2,2H3;/q2*-1;+2. The Morgan fingerprint density at radius 3 is 1.33 bits per heavy atom. The Balaban J connectivity index is -0.0000000720. The first kappa shape index (κ1) is 16.4. The molecule has 0 radical (unpaired) electrons. The average Bonchev–Trinajstić information content (AvgIpc) is 1.65. The summed E-state index contributed by atoms with van der Waals surface area (Å²) in [5.74, 6) is 1.42. The van der Waals surface area contributed by atoms with Gasteiger partial charge >= 0.3 is 23.1 Å². The number of unbranched alkanes of at least 4 members (excludes halogenated alkanes) is 1. The Labute approximate surface area is 76.6 Å². The first-order valence-electron chi connectivity index (χ1n) is 3.21. The zero-order valence-corrected chi connectivity index (χ0v) is 8.74. The van der Waals surface area contributed by atoms with Crippen molar-refractivity contribution in [1.82, 2.24) is 0 Å². The third kappa shape index (κ3) is 129. The van der Waals surface area contributed by atoms with E-state index in [-0.39, 0.29) is 23.1 Å². The molecule has 0 saturated heterocycles. The summed E-state index contributed by atoms with van der Waals surface area (Å²) in [6, 6.07) is 0. The molecule has 0 nitrogen and oxygen atoms in total. The molecule has 0 aliphatic rings. The smallest absolute Gasteiger partial charge is 0.343 e. The van der Waals surface area contributed by atoms with E-state index in [2.05, 4.69) is 34.6 Å². The maximum Gasteiger partial charge on any atom is 2.00 e. The summed E-state index contributed by atoms with van der Waals surface area (Å²) in [5, 5.41) is 0. The zero-order valence-electron chi connectivity index (χ0n) is 7.33. The Bertz CT molecular complexity index is 21.0. The quantitative estimate of drug-likeness (QED) is 0.386. The summed E-state index contributed by atoms with van der Waals surface area (Å²) in [7, 11) is 0. The first-order chi connectivity index (χ1) is 3.65. The molecule has 0 spiro atoms. The van der Waals surface area contributed by atoms with Gasteiger partial charge in [0.15, 0.2) is 0 Å². The van der Waals surface area contributed by atoms with Gasteiger partial charge in [-0.05, 0) is 0 Å². The van der Waals surface area contributed by atoms with Crippen molar-refractivity contribution < 1.29 is 0 Å². The molecule has 0 heterocycles. The second-order valence-electron chi connectivity index (χ2n) is 2.35. The fourth-order valence-electron chi connectivity index (χ4n) is 0. The van der Waals surface area contributed by atoms with Gasteiger partial charge in [-0.25, -0.2) is 0 Å². The third-order valence-electron chi connectivity index (χ3n) is 0.354. The Hall–Kier alpha value is 0.766. The molecule has 0 aromatic carbocycles. The number of hydrogen-bond donors (Lipinski definition) is 0. The van der Waals surface area contributed by atoms with Gasteiger partial charge in [-0.1, -0.05) is 13.3 Å². The van der Waals surface area contributed by atoms with Crippen LogP contribution < -0.4 is 0 Å². The largest absolute Gasteiger partial charge is 2.00 e. The Morgan fingerprint density at radius 2 is 1.33 bits per heavy atom. The second-order valence-corrected chi connectivity index (χ2v) is 2.35. The van der Waals surface area contributed by atoms with Crippen molar-refractivity contribution in [2.75, 3.05) is 0 Å². The summed E-state index contributed by atoms with van der Waals surface area (Å²) < 4.78 is 0. The number of rotatable bonds is 1. The molecule has 0 N–H and O–H groups in total. The molecular weight excluding hydrogens is 120 g/mol. The van der Waals surface area contributed by atoms with E-state index in [4.69, 9.17) is 0 Å². The van der Waals surface area contributed by atoms with Gasteiger partial charge < -0.3 is 12.8 Å². The molecule has 0 unspecified atom stereocenters. The van der Waals surface area contributed by atoms with Gasteiger partial charge in [-0.2, -0.15) is 27.2 Å². The van der Waals surface area contributed by atoms with E-state index in [1.807, 2.05) is 0 Å². The van der Waals surface area contributed by atoms with Gasteiger partial charge in [0.05, 0.1) is 0 Å². The summed E-state index contributed by atoms with van der Waals surface area (Å²) in [4.78, 5) is 0. The predicted octanol–water partition coefficient (Wildman–Crippen LogP) is 2.86. The van der Waals surface area contributed by atoms with E-state index in [0.29, 0.717) is 0 Å². The van der Waals surface area contributed by atoms with Crippen LogP contribution in [-0.2, 0) is 0 Å². The molecule has 0 aromatic heterocycles. The average molecular weight is 139 g/mol. The van der Waals surface area contributed by atoms with Crippen LogP contribution >= 0.6 is 0 Å². The van der Waals surface area contributed by atoms with Crippen LogP contribution in [-0.4, -0.2) is 23.1 Å². The summed E-state index contributed by atoms with van der Waals surface area (Å²) in [6.45, 7) is 12.0. The van der Waals surface area contributed by atoms with Crippen LogP contribution in [0.4, 0.5) is 0 Å². The molecule has 0 fully saturated rings. The maximum atomic E-state index is 3.60. The minimum atomic E-state index is 0. The van der Waals surface area contributed by atoms with Crippen LogP contribution in [0.1, 0.15) is 40.5 Å². The normalized spacial score (nSPS) is 7.33. The molecule has 52 valence electrons. The molecule has 0 aliphatic heterocycles. The molecule has 0 atom stereocenters. The first-order valence-corrected chi connectivity index (χ1v) is 3.21. The van der Waals surface area contributed by atoms with Crippen molar-refractivity contribution in [3.8, 4) is 0 Å². The van der Waals surface area contributed by atoms with Gasteiger partial charge in [0.2, 0.25) is 0 Å². The van der Waals surface area contributed by atoms with E-state index >= 15 is 0 Å². The topological polar surface area (TPSA) is 0 Å². The van der Waals surface area contributed by atoms with Crippen molar-refractivity contribution in [2.45, 2.75) is 40.5 Å². The van der Waals surface area contributed by atoms with Crippen LogP contribution in [0.25, 0.3) is 0 Å². The van der Waals surface area contributed by atoms with Crippen molar-refractivity contribution in [3.63, 3.8) is 0 Å². The Kier molecular flexibility index (Phi) is 29.0. The van der Waals surface area contributed by atoms with Gasteiger partial charge in [0, 0.05) is 0 Å². The van der Waals surface area contributed by atoms with Gasteiger partial charge in [0.25, 0.3) is 0 Å². The molecule has 0 aliphatic carbocycles. The Morgan fingerprint density at radius 1 is 1.22 bits per heavy atom. The minimum absolute atomic E-state index is 0. The molecule has 0 bridgehead atoms. The van der Waals surface area contributed by atoms with Gasteiger partial charge in [0.1, 0.15) is 0 Å². The van der Waals surface area contributed by atoms with Crippen molar-refractivity contribution in [3.05, 3.63) is 12.8 Å². The zero-order chi connectivity index (χ0) is 6.99. The van der Waals surface area contributed by atoms with E-state index in [9.17, 15) is 0 Å². The van der Waals surface area contributed by atoms with E-state index < -0.39 is 0 Å². The van der Waals surface area contributed by atoms with Crippen LogP contribution in [0.2, 0.25) is 0 Å². The second kappa shape index (κ2) is 15.9. The van der Waals surface area contributed by atoms with Crippen molar-refractivity contribution in [2.24, 2.45) is 0 Å². The monoisotopic (exact) mass is 138 g/mol. The molecule has 1 heteroatoms. The third-order valence-corrected chi connectivity index (χ3v) is 0.354. The summed E-state index contributed by atoms with van der Waals surface area (Å²) in [5.41, 5.74) is 0. The van der Waals surface area contributed by atoms with Gasteiger partial charge in [-0.3, -0.25) is 0 Å². The molecule has 0 rings (SSSR count). The van der Waals surface area contributed by atoms with Crippen LogP contribution in [0.15, 0.2) is 0 Å². The fraction of sp³-hybridized carbons (Fsp3) is 0.750. The van der Waals surface area contributed by atoms with Crippen LogP contribution in [0.3, 0.4) is 0 Å².